The summed E-state index contributed by atoms with van der Waals surface area (Å²) in [7, 11) is 0. The fraction of sp³-hybridized carbons (Fsp3) is 0.857. The molecule has 0 saturated carbocycles. The van der Waals surface area contributed by atoms with E-state index in [1.807, 2.05) is 13.8 Å². The first-order chi connectivity index (χ1) is 4.02. The topological polar surface area (TPSA) is 35.5 Å². The highest BCUT2D eigenvalue weighted by Crippen LogP contribution is 2.37. The van der Waals surface area contributed by atoms with Gasteiger partial charge in [0.2, 0.25) is 0 Å². The van der Waals surface area contributed by atoms with Crippen LogP contribution in [0.4, 0.5) is 0 Å². The monoisotopic (exact) mass is 146 g/mol. The second-order valence-corrected chi connectivity index (χ2v) is 2.90. The van der Waals surface area contributed by atoms with Crippen LogP contribution in [0.5, 0.6) is 0 Å². The lowest BCUT2D eigenvalue weighted by molar-refractivity contribution is -0.521. The SMILES string of the molecule is C.CC1(C)OOC1(C)C=O. The van der Waals surface area contributed by atoms with Crippen LogP contribution in [0, 0.1) is 0 Å². The van der Waals surface area contributed by atoms with E-state index < -0.39 is 11.2 Å². The zero-order chi connectivity index (χ0) is 7.12. The maximum absolute atomic E-state index is 10.3. The molecule has 0 bridgehead atoms. The van der Waals surface area contributed by atoms with Crippen molar-refractivity contribution in [2.45, 2.75) is 39.4 Å². The van der Waals surface area contributed by atoms with Gasteiger partial charge in [-0.25, -0.2) is 9.78 Å². The number of hydrogen-bond acceptors (Lipinski definition) is 3. The van der Waals surface area contributed by atoms with Crippen LogP contribution < -0.4 is 0 Å². The molecule has 1 unspecified atom stereocenters. The van der Waals surface area contributed by atoms with Crippen LogP contribution in [0.15, 0.2) is 0 Å². The quantitative estimate of drug-likeness (QED) is 0.413. The van der Waals surface area contributed by atoms with Crippen molar-refractivity contribution in [2.75, 3.05) is 0 Å². The summed E-state index contributed by atoms with van der Waals surface area (Å²) in [4.78, 5) is 19.6. The van der Waals surface area contributed by atoms with E-state index in [0.29, 0.717) is 0 Å². The number of rotatable bonds is 1. The van der Waals surface area contributed by atoms with Crippen molar-refractivity contribution in [3.63, 3.8) is 0 Å². The minimum atomic E-state index is -0.743. The third-order valence-corrected chi connectivity index (χ3v) is 1.84. The molecule has 10 heavy (non-hydrogen) atoms. The van der Waals surface area contributed by atoms with Crippen LogP contribution in [0.3, 0.4) is 0 Å². The Morgan fingerprint density at radius 1 is 1.20 bits per heavy atom. The summed E-state index contributed by atoms with van der Waals surface area (Å²) in [6.45, 7) is 5.32. The highest BCUT2D eigenvalue weighted by molar-refractivity contribution is 5.65. The fourth-order valence-corrected chi connectivity index (χ4v) is 0.501. The third kappa shape index (κ3) is 0.954. The summed E-state index contributed by atoms with van der Waals surface area (Å²) in [6.07, 6.45) is 0.760. The normalized spacial score (nSPS) is 35.5. The average Bonchev–Trinajstić information content (AvgIpc) is 1.84. The molecule has 0 amide bonds. The summed E-state index contributed by atoms with van der Waals surface area (Å²) >= 11 is 0. The molecule has 1 saturated heterocycles. The highest BCUT2D eigenvalue weighted by Gasteiger charge is 2.54. The number of carbonyl (C=O) groups excluding carboxylic acids is 1. The first-order valence-corrected chi connectivity index (χ1v) is 2.85. The van der Waals surface area contributed by atoms with Crippen LogP contribution in [-0.2, 0) is 14.6 Å². The van der Waals surface area contributed by atoms with Crippen molar-refractivity contribution in [2.24, 2.45) is 0 Å². The van der Waals surface area contributed by atoms with Gasteiger partial charge in [-0.15, -0.1) is 0 Å². The molecule has 1 fully saturated rings. The van der Waals surface area contributed by atoms with E-state index in [4.69, 9.17) is 4.89 Å². The Morgan fingerprint density at radius 3 is 1.70 bits per heavy atom. The van der Waals surface area contributed by atoms with Gasteiger partial charge in [0.15, 0.2) is 11.9 Å². The minimum absolute atomic E-state index is 0. The predicted octanol–water partition coefficient (Wildman–Crippen LogP) is 1.32. The van der Waals surface area contributed by atoms with Crippen molar-refractivity contribution in [3.8, 4) is 0 Å². The molecule has 1 aliphatic rings. The first-order valence-electron chi connectivity index (χ1n) is 2.85. The Hall–Kier alpha value is -0.410. The molecule has 1 rings (SSSR count). The van der Waals surface area contributed by atoms with E-state index in [1.54, 1.807) is 6.92 Å². The molecule has 0 aromatic rings. The van der Waals surface area contributed by atoms with E-state index in [0.717, 1.165) is 6.29 Å². The van der Waals surface area contributed by atoms with E-state index in [-0.39, 0.29) is 7.43 Å². The standard InChI is InChI=1S/C6H10O3.CH4/c1-5(2)6(3,4-7)9-8-5;/h4H,1-3H3;1H4. The van der Waals surface area contributed by atoms with Gasteiger partial charge in [-0.1, -0.05) is 7.43 Å². The molecule has 0 aliphatic carbocycles. The first kappa shape index (κ1) is 9.59. The minimum Gasteiger partial charge on any atom is -0.300 e. The van der Waals surface area contributed by atoms with Gasteiger partial charge in [0.1, 0.15) is 5.60 Å². The van der Waals surface area contributed by atoms with Crippen molar-refractivity contribution < 1.29 is 14.6 Å². The molecule has 1 heterocycles. The van der Waals surface area contributed by atoms with Crippen LogP contribution in [0.2, 0.25) is 0 Å². The lowest BCUT2D eigenvalue weighted by Crippen LogP contribution is -2.62. The molecule has 3 nitrogen and oxygen atoms in total. The second-order valence-electron chi connectivity index (χ2n) is 2.90. The summed E-state index contributed by atoms with van der Waals surface area (Å²) < 4.78 is 0. The van der Waals surface area contributed by atoms with Gasteiger partial charge >= 0.3 is 0 Å². The Bertz CT molecular complexity index is 142. The fourth-order valence-electron chi connectivity index (χ4n) is 0.501. The molecule has 0 aromatic carbocycles. The summed E-state index contributed by atoms with van der Waals surface area (Å²) in [5.74, 6) is 0. The Morgan fingerprint density at radius 2 is 1.70 bits per heavy atom. The van der Waals surface area contributed by atoms with E-state index >= 15 is 0 Å². The van der Waals surface area contributed by atoms with Crippen LogP contribution in [0.1, 0.15) is 28.2 Å². The number of hydrogen-bond donors (Lipinski definition) is 0. The van der Waals surface area contributed by atoms with E-state index in [9.17, 15) is 4.79 Å². The Balaban J connectivity index is 0.000000810. The molecular formula is C7H14O3. The lowest BCUT2D eigenvalue weighted by atomic mass is 9.87. The molecule has 0 radical (unpaired) electrons. The van der Waals surface area contributed by atoms with Gasteiger partial charge in [-0.2, -0.15) is 0 Å². The van der Waals surface area contributed by atoms with Gasteiger partial charge in [-0.3, -0.25) is 4.79 Å². The van der Waals surface area contributed by atoms with E-state index in [1.165, 1.54) is 0 Å². The summed E-state index contributed by atoms with van der Waals surface area (Å²) in [6, 6.07) is 0. The lowest BCUT2D eigenvalue weighted by Gasteiger charge is -2.46. The maximum atomic E-state index is 10.3. The predicted molar refractivity (Wildman–Crippen MR) is 37.4 cm³/mol. The summed E-state index contributed by atoms with van der Waals surface area (Å²) in [5.41, 5.74) is -1.21. The van der Waals surface area contributed by atoms with Crippen molar-refractivity contribution in [3.05, 3.63) is 0 Å². The summed E-state index contributed by atoms with van der Waals surface area (Å²) in [5, 5.41) is 0. The molecule has 0 spiro atoms. The van der Waals surface area contributed by atoms with Gasteiger partial charge in [-0.05, 0) is 20.8 Å². The Labute approximate surface area is 61.2 Å². The van der Waals surface area contributed by atoms with Crippen LogP contribution >= 0.6 is 0 Å². The molecular weight excluding hydrogens is 132 g/mol. The average molecular weight is 146 g/mol. The van der Waals surface area contributed by atoms with Gasteiger partial charge in [0.05, 0.1) is 0 Å². The second kappa shape index (κ2) is 2.32. The largest absolute Gasteiger partial charge is 0.300 e. The molecule has 0 N–H and O–H groups in total. The molecule has 60 valence electrons. The maximum Gasteiger partial charge on any atom is 0.187 e. The smallest absolute Gasteiger partial charge is 0.187 e. The van der Waals surface area contributed by atoms with Gasteiger partial charge in [0, 0.05) is 0 Å². The number of aldehydes is 1. The highest BCUT2D eigenvalue weighted by atomic mass is 17.3. The zero-order valence-electron chi connectivity index (χ0n) is 5.80. The zero-order valence-corrected chi connectivity index (χ0v) is 5.80. The molecule has 3 heteroatoms. The Kier molecular flexibility index (Phi) is 2.23. The van der Waals surface area contributed by atoms with Crippen molar-refractivity contribution in [1.29, 1.82) is 0 Å². The van der Waals surface area contributed by atoms with Crippen LogP contribution in [0.25, 0.3) is 0 Å². The van der Waals surface area contributed by atoms with Crippen LogP contribution in [-0.4, -0.2) is 17.5 Å². The van der Waals surface area contributed by atoms with Gasteiger partial charge < -0.3 is 0 Å². The van der Waals surface area contributed by atoms with Crippen molar-refractivity contribution in [1.82, 2.24) is 0 Å². The molecule has 0 aromatic heterocycles. The van der Waals surface area contributed by atoms with Gasteiger partial charge in [0.25, 0.3) is 0 Å². The molecule has 1 atom stereocenters. The third-order valence-electron chi connectivity index (χ3n) is 1.84. The van der Waals surface area contributed by atoms with E-state index in [2.05, 4.69) is 4.89 Å². The van der Waals surface area contributed by atoms with Crippen molar-refractivity contribution >= 4 is 6.29 Å². The number of carbonyl (C=O) groups is 1. The molecule has 1 aliphatic heterocycles.